The Hall–Kier alpha value is -1.23. The number of rotatable bonds is 7. The number of nitrogens with zero attached hydrogens (tertiary/aromatic N) is 1. The number of methoxy groups -OCH3 is 1. The van der Waals surface area contributed by atoms with Crippen molar-refractivity contribution in [3.63, 3.8) is 0 Å². The second-order valence-electron chi connectivity index (χ2n) is 5.56. The van der Waals surface area contributed by atoms with Crippen molar-refractivity contribution in [1.29, 1.82) is 0 Å². The van der Waals surface area contributed by atoms with Gasteiger partial charge in [-0.3, -0.25) is 4.98 Å². The lowest BCUT2D eigenvalue weighted by Crippen LogP contribution is -2.39. The van der Waals surface area contributed by atoms with Crippen LogP contribution in [-0.2, 0) is 0 Å². The lowest BCUT2D eigenvalue weighted by atomic mass is 10.1. The number of nitrogens with one attached hydrogen (secondary N) is 2. The van der Waals surface area contributed by atoms with E-state index in [1.165, 1.54) is 0 Å². The third kappa shape index (κ3) is 6.05. The Labute approximate surface area is 151 Å². The van der Waals surface area contributed by atoms with Gasteiger partial charge in [-0.25, -0.2) is 0 Å². The van der Waals surface area contributed by atoms with Crippen LogP contribution in [0.5, 0.6) is 5.75 Å². The number of anilines is 1. The first-order chi connectivity index (χ1) is 10.1. The summed E-state index contributed by atoms with van der Waals surface area (Å²) < 4.78 is 5.38. The highest BCUT2D eigenvalue weighted by Crippen LogP contribution is 2.27. The molecular formula is C17H27Cl2N3O. The van der Waals surface area contributed by atoms with E-state index in [0.717, 1.165) is 35.3 Å². The van der Waals surface area contributed by atoms with Crippen molar-refractivity contribution >= 4 is 41.4 Å². The smallest absolute Gasteiger partial charge is 0.121 e. The van der Waals surface area contributed by atoms with Crippen molar-refractivity contribution in [2.24, 2.45) is 0 Å². The first kappa shape index (κ1) is 21.8. The Morgan fingerprint density at radius 2 is 1.96 bits per heavy atom. The minimum atomic E-state index is 0. The van der Waals surface area contributed by atoms with Gasteiger partial charge >= 0.3 is 0 Å². The molecule has 130 valence electrons. The van der Waals surface area contributed by atoms with Crippen LogP contribution in [-0.4, -0.2) is 30.7 Å². The molecule has 0 saturated carbocycles. The highest BCUT2D eigenvalue weighted by Gasteiger charge is 2.10. The molecule has 2 N–H and O–H groups in total. The highest BCUT2D eigenvalue weighted by atomic mass is 35.5. The normalized spacial score (nSPS) is 11.5. The van der Waals surface area contributed by atoms with Crippen molar-refractivity contribution in [3.8, 4) is 5.75 Å². The SMILES string of the molecule is CCC(CNc1cc(OC)cc2cccnc12)NC(C)C.Cl.Cl. The van der Waals surface area contributed by atoms with Crippen LogP contribution >= 0.6 is 24.8 Å². The molecule has 2 rings (SSSR count). The number of benzene rings is 1. The van der Waals surface area contributed by atoms with Gasteiger partial charge in [-0.15, -0.1) is 24.8 Å². The molecule has 6 heteroatoms. The maximum atomic E-state index is 5.38. The average molecular weight is 360 g/mol. The van der Waals surface area contributed by atoms with Gasteiger partial charge in [-0.05, 0) is 18.6 Å². The van der Waals surface area contributed by atoms with Gasteiger partial charge in [0.05, 0.1) is 18.3 Å². The number of fused-ring (bicyclic) bond motifs is 1. The van der Waals surface area contributed by atoms with E-state index in [1.807, 2.05) is 24.4 Å². The lowest BCUT2D eigenvalue weighted by Gasteiger charge is -2.21. The summed E-state index contributed by atoms with van der Waals surface area (Å²) in [7, 11) is 1.69. The molecule has 0 radical (unpaired) electrons. The standard InChI is InChI=1S/C17H25N3O.2ClH/c1-5-14(20-12(2)3)11-19-16-10-15(21-4)9-13-7-6-8-18-17(13)16;;/h6-10,12,14,19-20H,5,11H2,1-4H3;2*1H. The minimum Gasteiger partial charge on any atom is -0.497 e. The molecule has 0 fully saturated rings. The lowest BCUT2D eigenvalue weighted by molar-refractivity contribution is 0.415. The Morgan fingerprint density at radius 1 is 1.22 bits per heavy atom. The molecule has 0 aliphatic heterocycles. The Morgan fingerprint density at radius 3 is 2.57 bits per heavy atom. The summed E-state index contributed by atoms with van der Waals surface area (Å²) in [5.41, 5.74) is 2.01. The molecule has 0 saturated heterocycles. The van der Waals surface area contributed by atoms with Crippen molar-refractivity contribution in [2.45, 2.75) is 39.3 Å². The van der Waals surface area contributed by atoms with Gasteiger partial charge in [0.1, 0.15) is 5.75 Å². The minimum absolute atomic E-state index is 0. The van der Waals surface area contributed by atoms with Crippen LogP contribution in [0.2, 0.25) is 0 Å². The van der Waals surface area contributed by atoms with Crippen LogP contribution in [0.3, 0.4) is 0 Å². The molecule has 1 aromatic heterocycles. The van der Waals surface area contributed by atoms with E-state index >= 15 is 0 Å². The van der Waals surface area contributed by atoms with Gasteiger partial charge in [-0.1, -0.05) is 26.8 Å². The Balaban J connectivity index is 0.00000242. The van der Waals surface area contributed by atoms with Crippen LogP contribution in [0.4, 0.5) is 5.69 Å². The van der Waals surface area contributed by atoms with Crippen LogP contribution < -0.4 is 15.4 Å². The molecule has 0 amide bonds. The molecule has 1 aromatic carbocycles. The van der Waals surface area contributed by atoms with Gasteiger partial charge in [-0.2, -0.15) is 0 Å². The average Bonchev–Trinajstić information content (AvgIpc) is 2.50. The topological polar surface area (TPSA) is 46.2 Å². The Kier molecular flexibility index (Phi) is 9.96. The summed E-state index contributed by atoms with van der Waals surface area (Å²) in [5, 5.41) is 8.16. The second kappa shape index (κ2) is 10.5. The zero-order valence-corrected chi connectivity index (χ0v) is 15.8. The molecule has 1 unspecified atom stereocenters. The van der Waals surface area contributed by atoms with Gasteiger partial charge in [0.25, 0.3) is 0 Å². The van der Waals surface area contributed by atoms with Crippen LogP contribution in [0, 0.1) is 0 Å². The van der Waals surface area contributed by atoms with Crippen molar-refractivity contribution in [1.82, 2.24) is 10.3 Å². The van der Waals surface area contributed by atoms with Gasteiger partial charge in [0, 0.05) is 36.3 Å². The molecule has 1 atom stereocenters. The fourth-order valence-corrected chi connectivity index (χ4v) is 2.44. The van der Waals surface area contributed by atoms with E-state index in [4.69, 9.17) is 4.74 Å². The number of aromatic nitrogens is 1. The fraction of sp³-hybridized carbons (Fsp3) is 0.471. The first-order valence-electron chi connectivity index (χ1n) is 7.56. The van der Waals surface area contributed by atoms with Crippen LogP contribution in [0.15, 0.2) is 30.5 Å². The van der Waals surface area contributed by atoms with Crippen LogP contribution in [0.25, 0.3) is 10.9 Å². The van der Waals surface area contributed by atoms with Crippen molar-refractivity contribution in [2.75, 3.05) is 19.0 Å². The number of pyridine rings is 1. The maximum absolute atomic E-state index is 5.38. The quantitative estimate of drug-likeness (QED) is 0.774. The Bertz CT molecular complexity index is 593. The molecule has 0 aliphatic carbocycles. The van der Waals surface area contributed by atoms with Crippen molar-refractivity contribution < 1.29 is 4.74 Å². The number of halogens is 2. The maximum Gasteiger partial charge on any atom is 0.121 e. The summed E-state index contributed by atoms with van der Waals surface area (Å²) in [6, 6.07) is 8.95. The highest BCUT2D eigenvalue weighted by molar-refractivity contribution is 5.91. The summed E-state index contributed by atoms with van der Waals surface area (Å²) in [6.45, 7) is 7.41. The van der Waals surface area contributed by atoms with Gasteiger partial charge in [0.15, 0.2) is 0 Å². The predicted molar refractivity (Wildman–Crippen MR) is 104 cm³/mol. The summed E-state index contributed by atoms with van der Waals surface area (Å²) >= 11 is 0. The summed E-state index contributed by atoms with van der Waals surface area (Å²) in [5.74, 6) is 0.850. The number of hydrogen-bond acceptors (Lipinski definition) is 4. The second-order valence-corrected chi connectivity index (χ2v) is 5.56. The molecule has 1 heterocycles. The zero-order valence-electron chi connectivity index (χ0n) is 14.1. The van der Waals surface area contributed by atoms with E-state index in [2.05, 4.69) is 42.5 Å². The van der Waals surface area contributed by atoms with Crippen LogP contribution in [0.1, 0.15) is 27.2 Å². The number of ether oxygens (including phenoxy) is 1. The van der Waals surface area contributed by atoms with E-state index in [-0.39, 0.29) is 24.8 Å². The predicted octanol–water partition coefficient (Wildman–Crippen LogP) is 4.28. The summed E-state index contributed by atoms with van der Waals surface area (Å²) in [4.78, 5) is 4.48. The fourth-order valence-electron chi connectivity index (χ4n) is 2.44. The molecular weight excluding hydrogens is 333 g/mol. The summed E-state index contributed by atoms with van der Waals surface area (Å²) in [6.07, 6.45) is 2.91. The third-order valence-electron chi connectivity index (χ3n) is 3.51. The first-order valence-corrected chi connectivity index (χ1v) is 7.56. The zero-order chi connectivity index (χ0) is 15.2. The van der Waals surface area contributed by atoms with E-state index in [1.54, 1.807) is 7.11 Å². The molecule has 0 bridgehead atoms. The van der Waals surface area contributed by atoms with Gasteiger partial charge < -0.3 is 15.4 Å². The largest absolute Gasteiger partial charge is 0.497 e. The molecule has 0 spiro atoms. The monoisotopic (exact) mass is 359 g/mol. The van der Waals surface area contributed by atoms with Crippen molar-refractivity contribution in [3.05, 3.63) is 30.5 Å². The molecule has 2 aromatic rings. The number of hydrogen-bond donors (Lipinski definition) is 2. The third-order valence-corrected chi connectivity index (χ3v) is 3.51. The van der Waals surface area contributed by atoms with E-state index in [0.29, 0.717) is 12.1 Å². The molecule has 4 nitrogen and oxygen atoms in total. The van der Waals surface area contributed by atoms with E-state index in [9.17, 15) is 0 Å². The molecule has 0 aliphatic rings. The van der Waals surface area contributed by atoms with Gasteiger partial charge in [0.2, 0.25) is 0 Å². The molecule has 23 heavy (non-hydrogen) atoms. The van der Waals surface area contributed by atoms with E-state index < -0.39 is 0 Å².